The number of hydrogen-bond donors (Lipinski definition) is 2. The van der Waals surface area contributed by atoms with Crippen molar-refractivity contribution in [2.24, 2.45) is 0 Å². The first kappa shape index (κ1) is 20.0. The molecule has 2 N–H and O–H groups in total. The first-order chi connectivity index (χ1) is 10.0. The van der Waals surface area contributed by atoms with Crippen molar-refractivity contribution in [2.45, 2.75) is 13.0 Å². The van der Waals surface area contributed by atoms with Gasteiger partial charge in [-0.1, -0.05) is 21.6 Å². The van der Waals surface area contributed by atoms with Gasteiger partial charge in [-0.3, -0.25) is 0 Å². The van der Waals surface area contributed by atoms with E-state index in [0.29, 0.717) is 13.2 Å². The molecule has 1 unspecified atom stereocenters. The summed E-state index contributed by atoms with van der Waals surface area (Å²) in [5.74, 6) is -1.15. The van der Waals surface area contributed by atoms with E-state index in [4.69, 9.17) is 9.84 Å². The van der Waals surface area contributed by atoms with Crippen molar-refractivity contribution in [1.82, 2.24) is 5.32 Å². The summed E-state index contributed by atoms with van der Waals surface area (Å²) >= 11 is 0. The van der Waals surface area contributed by atoms with Crippen LogP contribution in [0.5, 0.6) is 0 Å². The lowest BCUT2D eigenvalue weighted by atomic mass is 10.4. The number of rotatable bonds is 10. The number of aliphatic hydroxyl groups excluding tert-OH is 1. The summed E-state index contributed by atoms with van der Waals surface area (Å²) in [6.45, 7) is 1.44. The highest BCUT2D eigenvalue weighted by Gasteiger charge is 2.21. The third-order valence-corrected chi connectivity index (χ3v) is 3.68. The molecule has 0 radical (unpaired) electrons. The molecule has 0 rings (SSSR count). The molecule has 8 nitrogen and oxygen atoms in total. The average Bonchev–Trinajstić information content (AvgIpc) is 2.45. The van der Waals surface area contributed by atoms with Gasteiger partial charge < -0.3 is 24.6 Å². The smallest absolute Gasteiger partial charge is 0.415 e. The fourth-order valence-electron chi connectivity index (χ4n) is 0.997. The molecular formula is C11H19NO7S2. The van der Waals surface area contributed by atoms with E-state index in [2.05, 4.69) is 14.8 Å². The van der Waals surface area contributed by atoms with Crippen LogP contribution in [0.1, 0.15) is 6.92 Å². The van der Waals surface area contributed by atoms with Gasteiger partial charge in [0.2, 0.25) is 0 Å². The number of esters is 2. The SMILES string of the molecule is CSSCCOCCNC(=O)OC(=O)C(C)OC(=O)CO. The number of nitrogens with one attached hydrogen (secondary N) is 1. The van der Waals surface area contributed by atoms with E-state index in [1.165, 1.54) is 6.92 Å². The van der Waals surface area contributed by atoms with Crippen molar-refractivity contribution >= 4 is 39.6 Å². The van der Waals surface area contributed by atoms with E-state index >= 15 is 0 Å². The predicted molar refractivity (Wildman–Crippen MR) is 78.9 cm³/mol. The minimum Gasteiger partial charge on any atom is -0.449 e. The van der Waals surface area contributed by atoms with E-state index < -0.39 is 30.7 Å². The third-order valence-electron chi connectivity index (χ3n) is 1.91. The van der Waals surface area contributed by atoms with Gasteiger partial charge in [0.15, 0.2) is 6.10 Å². The molecule has 0 aromatic heterocycles. The molecule has 21 heavy (non-hydrogen) atoms. The van der Waals surface area contributed by atoms with Gasteiger partial charge in [0.25, 0.3) is 0 Å². The van der Waals surface area contributed by atoms with Crippen LogP contribution in [0.3, 0.4) is 0 Å². The zero-order chi connectivity index (χ0) is 16.1. The molecule has 0 aliphatic heterocycles. The Kier molecular flexibility index (Phi) is 12.2. The third kappa shape index (κ3) is 11.4. The Balaban J connectivity index is 3.69. The lowest BCUT2D eigenvalue weighted by Crippen LogP contribution is -2.35. The highest BCUT2D eigenvalue weighted by atomic mass is 33.1. The van der Waals surface area contributed by atoms with Crippen molar-refractivity contribution in [3.8, 4) is 0 Å². The highest BCUT2D eigenvalue weighted by molar-refractivity contribution is 8.76. The summed E-state index contributed by atoms with van der Waals surface area (Å²) < 4.78 is 14.1. The fraction of sp³-hybridized carbons (Fsp3) is 0.727. The normalized spacial score (nSPS) is 11.6. The summed E-state index contributed by atoms with van der Waals surface area (Å²) in [7, 11) is 3.31. The summed E-state index contributed by atoms with van der Waals surface area (Å²) in [5.41, 5.74) is 0. The molecule has 0 aromatic rings. The number of ether oxygens (including phenoxy) is 3. The second-order valence-corrected chi connectivity index (χ2v) is 6.21. The van der Waals surface area contributed by atoms with Crippen LogP contribution < -0.4 is 5.32 Å². The molecule has 0 saturated carbocycles. The van der Waals surface area contributed by atoms with E-state index in [1.807, 2.05) is 6.26 Å². The zero-order valence-electron chi connectivity index (χ0n) is 11.8. The van der Waals surface area contributed by atoms with Crippen LogP contribution in [0.2, 0.25) is 0 Å². The van der Waals surface area contributed by atoms with Gasteiger partial charge in [-0.05, 0) is 13.2 Å². The molecule has 1 amide bonds. The molecule has 10 heteroatoms. The first-order valence-corrected chi connectivity index (χ1v) is 8.77. The highest BCUT2D eigenvalue weighted by Crippen LogP contribution is 2.15. The molecule has 0 bridgehead atoms. The molecule has 1 atom stereocenters. The van der Waals surface area contributed by atoms with E-state index in [-0.39, 0.29) is 6.54 Å². The van der Waals surface area contributed by atoms with E-state index in [9.17, 15) is 14.4 Å². The number of alkyl carbamates (subject to hydrolysis) is 1. The quantitative estimate of drug-likeness (QED) is 0.249. The van der Waals surface area contributed by atoms with Crippen LogP contribution >= 0.6 is 21.6 Å². The maximum atomic E-state index is 11.3. The van der Waals surface area contributed by atoms with Crippen LogP contribution in [0.15, 0.2) is 0 Å². The minimum atomic E-state index is -1.27. The second kappa shape index (κ2) is 12.7. The average molecular weight is 341 g/mol. The predicted octanol–water partition coefficient (Wildman–Crippen LogP) is 0.191. The number of aliphatic hydroxyl groups is 1. The maximum absolute atomic E-state index is 11.3. The topological polar surface area (TPSA) is 111 Å². The van der Waals surface area contributed by atoms with Crippen molar-refractivity contribution in [3.63, 3.8) is 0 Å². The van der Waals surface area contributed by atoms with Crippen LogP contribution in [-0.4, -0.2) is 67.6 Å². The Morgan fingerprint density at radius 2 is 2.00 bits per heavy atom. The standard InChI is InChI=1S/C11H19NO7S2/c1-8(18-9(14)7-13)10(15)19-11(16)12-3-4-17-5-6-21-20-2/h8,13H,3-7H2,1-2H3,(H,12,16). The largest absolute Gasteiger partial charge is 0.449 e. The number of carbonyl (C=O) groups excluding carboxylic acids is 3. The van der Waals surface area contributed by atoms with Gasteiger partial charge >= 0.3 is 18.0 Å². The van der Waals surface area contributed by atoms with Gasteiger partial charge in [-0.25, -0.2) is 14.4 Å². The van der Waals surface area contributed by atoms with Crippen molar-refractivity contribution in [2.75, 3.05) is 38.4 Å². The van der Waals surface area contributed by atoms with Gasteiger partial charge in [0, 0.05) is 12.3 Å². The van der Waals surface area contributed by atoms with Crippen LogP contribution in [0, 0.1) is 0 Å². The van der Waals surface area contributed by atoms with Gasteiger partial charge in [-0.15, -0.1) is 0 Å². The number of hydrogen-bond acceptors (Lipinski definition) is 9. The lowest BCUT2D eigenvalue weighted by molar-refractivity contribution is -0.164. The molecule has 0 aliphatic rings. The molecule has 0 aromatic carbocycles. The molecule has 0 saturated heterocycles. The monoisotopic (exact) mass is 341 g/mol. The molecule has 0 aliphatic carbocycles. The Morgan fingerprint density at radius 3 is 2.62 bits per heavy atom. The first-order valence-electron chi connectivity index (χ1n) is 6.04. The van der Waals surface area contributed by atoms with Gasteiger partial charge in [-0.2, -0.15) is 0 Å². The molecular weight excluding hydrogens is 322 g/mol. The second-order valence-electron chi connectivity index (χ2n) is 3.53. The van der Waals surface area contributed by atoms with Crippen molar-refractivity contribution in [1.29, 1.82) is 0 Å². The van der Waals surface area contributed by atoms with Crippen molar-refractivity contribution in [3.05, 3.63) is 0 Å². The fourth-order valence-corrected chi connectivity index (χ4v) is 2.05. The Bertz CT molecular complexity index is 341. The number of amides is 1. The Morgan fingerprint density at radius 1 is 1.29 bits per heavy atom. The zero-order valence-corrected chi connectivity index (χ0v) is 13.5. The van der Waals surface area contributed by atoms with Gasteiger partial charge in [0.1, 0.15) is 6.61 Å². The molecule has 0 spiro atoms. The molecule has 0 heterocycles. The number of carbonyl (C=O) groups is 3. The van der Waals surface area contributed by atoms with E-state index in [0.717, 1.165) is 5.75 Å². The Hall–Kier alpha value is -0.970. The van der Waals surface area contributed by atoms with Crippen LogP contribution in [0.4, 0.5) is 4.79 Å². The summed E-state index contributed by atoms with van der Waals surface area (Å²) in [6.07, 6.45) is -0.248. The lowest BCUT2D eigenvalue weighted by Gasteiger charge is -2.11. The molecule has 122 valence electrons. The van der Waals surface area contributed by atoms with Gasteiger partial charge in [0.05, 0.1) is 13.2 Å². The summed E-state index contributed by atoms with van der Waals surface area (Å²) in [6, 6.07) is 0. The minimum absolute atomic E-state index is 0.195. The van der Waals surface area contributed by atoms with Crippen molar-refractivity contribution < 1.29 is 33.7 Å². The van der Waals surface area contributed by atoms with Crippen LogP contribution in [0.25, 0.3) is 0 Å². The summed E-state index contributed by atoms with van der Waals surface area (Å²) in [5, 5.41) is 10.8. The van der Waals surface area contributed by atoms with E-state index in [1.54, 1.807) is 21.6 Å². The molecule has 0 fully saturated rings. The maximum Gasteiger partial charge on any atom is 0.415 e. The van der Waals surface area contributed by atoms with Crippen LogP contribution in [-0.2, 0) is 23.8 Å². The summed E-state index contributed by atoms with van der Waals surface area (Å²) in [4.78, 5) is 33.3. The Labute approximate surface area is 130 Å².